The molecular weight excluding hydrogens is 399 g/mol. The molecule has 3 rings (SSSR count). The van der Waals surface area contributed by atoms with Crippen molar-refractivity contribution in [3.63, 3.8) is 0 Å². The van der Waals surface area contributed by atoms with Crippen molar-refractivity contribution in [3.05, 3.63) is 29.8 Å². The van der Waals surface area contributed by atoms with E-state index >= 15 is 0 Å². The quantitative estimate of drug-likeness (QED) is 0.545. The number of piperidine rings is 1. The summed E-state index contributed by atoms with van der Waals surface area (Å²) in [7, 11) is -5.71. The van der Waals surface area contributed by atoms with Crippen molar-refractivity contribution >= 4 is 16.2 Å². The Bertz CT molecular complexity index is 813. The molecule has 10 heteroatoms. The maximum Gasteiger partial charge on any atom is 0.534 e. The summed E-state index contributed by atoms with van der Waals surface area (Å²) in [4.78, 5) is 13.8. The zero-order valence-electron chi connectivity index (χ0n) is 15.3. The van der Waals surface area contributed by atoms with Crippen molar-refractivity contribution in [2.75, 3.05) is 19.7 Å². The molecule has 2 aliphatic rings. The third kappa shape index (κ3) is 4.21. The summed E-state index contributed by atoms with van der Waals surface area (Å²) in [6, 6.07) is 5.81. The average Bonchev–Trinajstić information content (AvgIpc) is 2.59. The Kier molecular flexibility index (Phi) is 5.79. The van der Waals surface area contributed by atoms with Crippen LogP contribution in [0.3, 0.4) is 0 Å². The highest BCUT2D eigenvalue weighted by molar-refractivity contribution is 7.88. The number of hydrogen-bond acceptors (Lipinski definition) is 5. The molecule has 156 valence electrons. The van der Waals surface area contributed by atoms with E-state index in [9.17, 15) is 26.4 Å². The summed E-state index contributed by atoms with van der Waals surface area (Å²) >= 11 is 0. The summed E-state index contributed by atoms with van der Waals surface area (Å²) < 4.78 is 69.7. The van der Waals surface area contributed by atoms with Gasteiger partial charge in [0.2, 0.25) is 0 Å². The summed E-state index contributed by atoms with van der Waals surface area (Å²) in [6.45, 7) is 3.05. The van der Waals surface area contributed by atoms with Crippen LogP contribution in [0, 0.1) is 11.8 Å². The molecule has 1 aliphatic carbocycles. The van der Waals surface area contributed by atoms with Crippen LogP contribution < -0.4 is 4.18 Å². The minimum absolute atomic E-state index is 0.0246. The van der Waals surface area contributed by atoms with Gasteiger partial charge in [0, 0.05) is 13.1 Å². The fraction of sp³-hybridized carbons (Fsp3) is 0.611. The molecule has 28 heavy (non-hydrogen) atoms. The standard InChI is InChI=1S/C18H22F3NO5S/c1-2-26-17(23)22-10-13-6-3-7-14(11-22)16(13)12-5-4-8-15(9-12)27-28(24,25)18(19,20)21/h4-5,8-9,13-14,16H,2-3,6-7,10-11H2,1H3. The Morgan fingerprint density at radius 3 is 2.43 bits per heavy atom. The van der Waals surface area contributed by atoms with Crippen LogP contribution in [0.15, 0.2) is 24.3 Å². The predicted octanol–water partition coefficient (Wildman–Crippen LogP) is 3.89. The van der Waals surface area contributed by atoms with Crippen LogP contribution in [-0.4, -0.2) is 44.6 Å². The van der Waals surface area contributed by atoms with E-state index in [1.807, 2.05) is 0 Å². The lowest BCUT2D eigenvalue weighted by atomic mass is 9.66. The molecule has 1 aliphatic heterocycles. The topological polar surface area (TPSA) is 72.9 Å². The van der Waals surface area contributed by atoms with Crippen molar-refractivity contribution in [2.45, 2.75) is 37.6 Å². The molecule has 2 bridgehead atoms. The minimum atomic E-state index is -5.71. The van der Waals surface area contributed by atoms with E-state index in [1.165, 1.54) is 18.2 Å². The number of halogens is 3. The molecule has 6 nitrogen and oxygen atoms in total. The largest absolute Gasteiger partial charge is 0.534 e. The van der Waals surface area contributed by atoms with Crippen molar-refractivity contribution in [3.8, 4) is 5.75 Å². The highest BCUT2D eigenvalue weighted by Gasteiger charge is 2.49. The maximum absolute atomic E-state index is 12.6. The molecule has 1 heterocycles. The number of fused-ring (bicyclic) bond motifs is 2. The predicted molar refractivity (Wildman–Crippen MR) is 94.2 cm³/mol. The van der Waals surface area contributed by atoms with Crippen molar-refractivity contribution in [2.24, 2.45) is 11.8 Å². The monoisotopic (exact) mass is 421 g/mol. The van der Waals surface area contributed by atoms with Gasteiger partial charge in [0.25, 0.3) is 0 Å². The number of rotatable bonds is 4. The van der Waals surface area contributed by atoms with Crippen LogP contribution in [-0.2, 0) is 14.9 Å². The molecule has 1 aromatic carbocycles. The number of carbonyl (C=O) groups excluding carboxylic acids is 1. The highest BCUT2D eigenvalue weighted by Crippen LogP contribution is 2.46. The Labute approximate surface area is 161 Å². The minimum Gasteiger partial charge on any atom is -0.450 e. The second kappa shape index (κ2) is 7.81. The lowest BCUT2D eigenvalue weighted by Crippen LogP contribution is -2.49. The van der Waals surface area contributed by atoms with Gasteiger partial charge in [-0.15, -0.1) is 0 Å². The number of ether oxygens (including phenoxy) is 1. The number of amides is 1. The van der Waals surface area contributed by atoms with Gasteiger partial charge in [-0.25, -0.2) is 4.79 Å². The van der Waals surface area contributed by atoms with Crippen LogP contribution in [0.25, 0.3) is 0 Å². The second-order valence-corrected chi connectivity index (χ2v) is 8.67. The van der Waals surface area contributed by atoms with Gasteiger partial charge >= 0.3 is 21.7 Å². The molecule has 2 atom stereocenters. The Balaban J connectivity index is 1.81. The number of hydrogen-bond donors (Lipinski definition) is 0. The van der Waals surface area contributed by atoms with Crippen LogP contribution in [0.1, 0.15) is 37.7 Å². The number of carbonyl (C=O) groups is 1. The first-order valence-corrected chi connectivity index (χ1v) is 10.6. The first kappa shape index (κ1) is 20.8. The summed E-state index contributed by atoms with van der Waals surface area (Å²) in [5.74, 6) is -0.0740. The fourth-order valence-electron chi connectivity index (χ4n) is 4.29. The maximum atomic E-state index is 12.6. The molecule has 1 saturated carbocycles. The third-order valence-electron chi connectivity index (χ3n) is 5.33. The van der Waals surface area contributed by atoms with E-state index in [1.54, 1.807) is 17.9 Å². The summed E-state index contributed by atoms with van der Waals surface area (Å²) in [5.41, 5.74) is -4.75. The van der Waals surface area contributed by atoms with Gasteiger partial charge in [-0.3, -0.25) is 0 Å². The fourth-order valence-corrected chi connectivity index (χ4v) is 4.74. The van der Waals surface area contributed by atoms with Crippen LogP contribution in [0.4, 0.5) is 18.0 Å². The molecule has 0 aromatic heterocycles. The van der Waals surface area contributed by atoms with Crippen LogP contribution in [0.2, 0.25) is 0 Å². The highest BCUT2D eigenvalue weighted by atomic mass is 32.2. The van der Waals surface area contributed by atoms with Gasteiger partial charge in [-0.05, 0) is 55.2 Å². The molecule has 2 unspecified atom stereocenters. The lowest BCUT2D eigenvalue weighted by molar-refractivity contribution is -0.0500. The molecule has 0 N–H and O–H groups in total. The average molecular weight is 421 g/mol. The normalized spacial score (nSPS) is 25.3. The van der Waals surface area contributed by atoms with Gasteiger partial charge in [0.05, 0.1) is 6.61 Å². The van der Waals surface area contributed by atoms with Gasteiger partial charge in [-0.1, -0.05) is 18.6 Å². The number of nitrogens with zero attached hydrogens (tertiary/aromatic N) is 1. The zero-order valence-corrected chi connectivity index (χ0v) is 16.1. The van der Waals surface area contributed by atoms with Gasteiger partial charge in [0.1, 0.15) is 5.75 Å². The van der Waals surface area contributed by atoms with E-state index in [0.717, 1.165) is 24.8 Å². The van der Waals surface area contributed by atoms with E-state index < -0.39 is 15.6 Å². The van der Waals surface area contributed by atoms with Crippen LogP contribution >= 0.6 is 0 Å². The second-order valence-electron chi connectivity index (χ2n) is 7.14. The van der Waals surface area contributed by atoms with Crippen molar-refractivity contribution in [1.82, 2.24) is 4.90 Å². The third-order valence-corrected chi connectivity index (χ3v) is 6.31. The zero-order chi connectivity index (χ0) is 20.5. The van der Waals surface area contributed by atoms with E-state index in [-0.39, 0.29) is 29.6 Å². The Hall–Kier alpha value is -1.97. The van der Waals surface area contributed by atoms with Gasteiger partial charge in [0.15, 0.2) is 0 Å². The van der Waals surface area contributed by atoms with E-state index in [4.69, 9.17) is 4.74 Å². The molecule has 2 fully saturated rings. The molecule has 0 spiro atoms. The molecular formula is C18H22F3NO5S. The number of benzene rings is 1. The van der Waals surface area contributed by atoms with Gasteiger partial charge < -0.3 is 13.8 Å². The summed E-state index contributed by atoms with van der Waals surface area (Å²) in [5, 5.41) is 0. The van der Waals surface area contributed by atoms with Gasteiger partial charge in [-0.2, -0.15) is 21.6 Å². The Morgan fingerprint density at radius 1 is 1.21 bits per heavy atom. The van der Waals surface area contributed by atoms with Crippen molar-refractivity contribution in [1.29, 1.82) is 0 Å². The SMILES string of the molecule is CCOC(=O)N1CC2CCCC(C1)C2c1cccc(OS(=O)(=O)C(F)(F)F)c1. The molecule has 1 saturated heterocycles. The number of alkyl halides is 3. The lowest BCUT2D eigenvalue weighted by Gasteiger charge is -2.47. The molecule has 1 aromatic rings. The first-order valence-electron chi connectivity index (χ1n) is 9.14. The smallest absolute Gasteiger partial charge is 0.450 e. The number of likely N-dealkylation sites (tertiary alicyclic amines) is 1. The van der Waals surface area contributed by atoms with Crippen molar-refractivity contribution < 1.29 is 35.3 Å². The van der Waals surface area contributed by atoms with Crippen LogP contribution in [0.5, 0.6) is 5.75 Å². The first-order chi connectivity index (χ1) is 13.1. The van der Waals surface area contributed by atoms with E-state index in [2.05, 4.69) is 4.18 Å². The molecule has 0 radical (unpaired) electrons. The summed E-state index contributed by atoms with van der Waals surface area (Å²) in [6.07, 6.45) is 2.42. The van der Waals surface area contributed by atoms with E-state index in [0.29, 0.717) is 19.7 Å². The Morgan fingerprint density at radius 2 is 1.86 bits per heavy atom. The molecule has 1 amide bonds.